The Morgan fingerprint density at radius 2 is 1.95 bits per heavy atom. The van der Waals surface area contributed by atoms with Crippen molar-refractivity contribution < 1.29 is 0 Å². The Labute approximate surface area is 117 Å². The minimum Gasteiger partial charge on any atom is -0.355 e. The number of anilines is 2. The average molecular weight is 269 g/mol. The molecule has 0 aliphatic rings. The van der Waals surface area contributed by atoms with Gasteiger partial charge in [0.1, 0.15) is 0 Å². The van der Waals surface area contributed by atoms with Crippen molar-refractivity contribution in [2.75, 3.05) is 5.32 Å². The van der Waals surface area contributed by atoms with Crippen LogP contribution in [-0.4, -0.2) is 4.98 Å². The van der Waals surface area contributed by atoms with Gasteiger partial charge in [-0.2, -0.15) is 0 Å². The molecule has 94 valence electrons. The minimum absolute atomic E-state index is 0.702. The van der Waals surface area contributed by atoms with E-state index in [1.54, 1.807) is 6.20 Å². The second kappa shape index (κ2) is 4.90. The van der Waals surface area contributed by atoms with Gasteiger partial charge in [-0.25, -0.2) is 0 Å². The summed E-state index contributed by atoms with van der Waals surface area (Å²) in [5.41, 5.74) is 4.23. The number of hydrogen-bond donors (Lipinski definition) is 1. The molecule has 2 nitrogen and oxygen atoms in total. The van der Waals surface area contributed by atoms with Gasteiger partial charge in [-0.1, -0.05) is 23.7 Å². The molecule has 3 aromatic rings. The van der Waals surface area contributed by atoms with Crippen LogP contribution in [0.4, 0.5) is 11.4 Å². The molecule has 3 heteroatoms. The van der Waals surface area contributed by atoms with Gasteiger partial charge in [-0.05, 0) is 48.9 Å². The van der Waals surface area contributed by atoms with Crippen LogP contribution in [0.1, 0.15) is 5.56 Å². The van der Waals surface area contributed by atoms with E-state index in [4.69, 9.17) is 11.6 Å². The van der Waals surface area contributed by atoms with Crippen molar-refractivity contribution in [2.45, 2.75) is 6.92 Å². The smallest absolute Gasteiger partial charge is 0.0737 e. The van der Waals surface area contributed by atoms with Gasteiger partial charge in [0.25, 0.3) is 0 Å². The van der Waals surface area contributed by atoms with Crippen LogP contribution in [0.5, 0.6) is 0 Å². The maximum absolute atomic E-state index is 5.99. The Kier molecular flexibility index (Phi) is 3.10. The Hall–Kier alpha value is -2.06. The molecule has 1 N–H and O–H groups in total. The lowest BCUT2D eigenvalue weighted by molar-refractivity contribution is 1.40. The number of hydrogen-bond acceptors (Lipinski definition) is 2. The largest absolute Gasteiger partial charge is 0.355 e. The van der Waals surface area contributed by atoms with Crippen LogP contribution in [-0.2, 0) is 0 Å². The molecule has 0 unspecified atom stereocenters. The highest BCUT2D eigenvalue weighted by Gasteiger charge is 2.03. The first-order valence-electron chi connectivity index (χ1n) is 6.10. The summed E-state index contributed by atoms with van der Waals surface area (Å²) < 4.78 is 0. The van der Waals surface area contributed by atoms with E-state index < -0.39 is 0 Å². The third-order valence-corrected chi connectivity index (χ3v) is 3.24. The average Bonchev–Trinajstić information content (AvgIpc) is 2.38. The molecule has 0 atom stereocenters. The highest BCUT2D eigenvalue weighted by Crippen LogP contribution is 2.27. The summed E-state index contributed by atoms with van der Waals surface area (Å²) in [6, 6.07) is 16.0. The zero-order valence-corrected chi connectivity index (χ0v) is 11.3. The molecular formula is C16H13ClN2. The van der Waals surface area contributed by atoms with E-state index in [9.17, 15) is 0 Å². The minimum atomic E-state index is 0.702. The Balaban J connectivity index is 2.06. The number of rotatable bonds is 2. The van der Waals surface area contributed by atoms with Crippen molar-refractivity contribution in [3.63, 3.8) is 0 Å². The standard InChI is InChI=1S/C16H13ClN2/c1-11-3-2-4-13(9-11)19-15-7-8-18-16-10-12(17)5-6-14(15)16/h2-10H,1H3,(H,18,19). The van der Waals surface area contributed by atoms with E-state index in [2.05, 4.69) is 35.4 Å². The molecule has 0 saturated carbocycles. The number of benzene rings is 2. The maximum atomic E-state index is 5.99. The zero-order chi connectivity index (χ0) is 13.2. The summed E-state index contributed by atoms with van der Waals surface area (Å²) in [6.45, 7) is 2.08. The number of aromatic nitrogens is 1. The number of fused-ring (bicyclic) bond motifs is 1. The second-order valence-electron chi connectivity index (χ2n) is 4.51. The number of nitrogens with zero attached hydrogens (tertiary/aromatic N) is 1. The van der Waals surface area contributed by atoms with Gasteiger partial charge in [0.2, 0.25) is 0 Å². The summed E-state index contributed by atoms with van der Waals surface area (Å²) in [4.78, 5) is 4.34. The van der Waals surface area contributed by atoms with Crippen LogP contribution < -0.4 is 5.32 Å². The third kappa shape index (κ3) is 2.54. The van der Waals surface area contributed by atoms with E-state index >= 15 is 0 Å². The van der Waals surface area contributed by atoms with Crippen molar-refractivity contribution >= 4 is 33.9 Å². The SMILES string of the molecule is Cc1cccc(Nc2ccnc3cc(Cl)ccc23)c1. The molecule has 1 heterocycles. The van der Waals surface area contributed by atoms with Crippen molar-refractivity contribution in [1.82, 2.24) is 4.98 Å². The van der Waals surface area contributed by atoms with Crippen LogP contribution in [0.3, 0.4) is 0 Å². The van der Waals surface area contributed by atoms with Crippen LogP contribution in [0, 0.1) is 6.92 Å². The molecule has 3 rings (SSSR count). The van der Waals surface area contributed by atoms with Crippen molar-refractivity contribution in [1.29, 1.82) is 0 Å². The predicted octanol–water partition coefficient (Wildman–Crippen LogP) is 4.94. The molecule has 1 aromatic heterocycles. The second-order valence-corrected chi connectivity index (χ2v) is 4.95. The number of aryl methyl sites for hydroxylation is 1. The summed E-state index contributed by atoms with van der Waals surface area (Å²) in [7, 11) is 0. The zero-order valence-electron chi connectivity index (χ0n) is 10.5. The first kappa shape index (κ1) is 12.0. The quantitative estimate of drug-likeness (QED) is 0.712. The summed E-state index contributed by atoms with van der Waals surface area (Å²) in [6.07, 6.45) is 1.79. The number of halogens is 1. The molecule has 0 radical (unpaired) electrons. The normalized spacial score (nSPS) is 10.6. The molecule has 0 saturated heterocycles. The van der Waals surface area contributed by atoms with Gasteiger partial charge in [0, 0.05) is 28.0 Å². The molecule has 0 spiro atoms. The van der Waals surface area contributed by atoms with E-state index in [1.165, 1.54) is 5.56 Å². The lowest BCUT2D eigenvalue weighted by Gasteiger charge is -2.10. The Morgan fingerprint density at radius 3 is 2.79 bits per heavy atom. The van der Waals surface area contributed by atoms with Crippen molar-refractivity contribution in [3.05, 3.63) is 65.3 Å². The van der Waals surface area contributed by atoms with Gasteiger partial charge >= 0.3 is 0 Å². The predicted molar refractivity (Wildman–Crippen MR) is 81.2 cm³/mol. The van der Waals surface area contributed by atoms with E-state index in [0.717, 1.165) is 22.3 Å². The van der Waals surface area contributed by atoms with Crippen molar-refractivity contribution in [3.8, 4) is 0 Å². The third-order valence-electron chi connectivity index (χ3n) is 3.00. The topological polar surface area (TPSA) is 24.9 Å². The lowest BCUT2D eigenvalue weighted by Crippen LogP contribution is -1.92. The molecular weight excluding hydrogens is 256 g/mol. The monoisotopic (exact) mass is 268 g/mol. The molecule has 19 heavy (non-hydrogen) atoms. The van der Waals surface area contributed by atoms with Gasteiger partial charge in [0.15, 0.2) is 0 Å². The summed E-state index contributed by atoms with van der Waals surface area (Å²) in [5.74, 6) is 0. The van der Waals surface area contributed by atoms with E-state index in [1.807, 2.05) is 30.3 Å². The molecule has 2 aromatic carbocycles. The molecule has 0 aliphatic carbocycles. The number of pyridine rings is 1. The fourth-order valence-corrected chi connectivity index (χ4v) is 2.27. The van der Waals surface area contributed by atoms with Crippen molar-refractivity contribution in [2.24, 2.45) is 0 Å². The van der Waals surface area contributed by atoms with Gasteiger partial charge < -0.3 is 5.32 Å². The first-order valence-corrected chi connectivity index (χ1v) is 6.48. The summed E-state index contributed by atoms with van der Waals surface area (Å²) in [5, 5.41) is 5.19. The maximum Gasteiger partial charge on any atom is 0.0737 e. The van der Waals surface area contributed by atoms with E-state index in [-0.39, 0.29) is 0 Å². The number of nitrogens with one attached hydrogen (secondary N) is 1. The van der Waals surface area contributed by atoms with Gasteiger partial charge in [-0.15, -0.1) is 0 Å². The Morgan fingerprint density at radius 1 is 1.05 bits per heavy atom. The first-order chi connectivity index (χ1) is 9.22. The fraction of sp³-hybridized carbons (Fsp3) is 0.0625. The van der Waals surface area contributed by atoms with Crippen LogP contribution in [0.25, 0.3) is 10.9 Å². The highest BCUT2D eigenvalue weighted by atomic mass is 35.5. The Bertz CT molecular complexity index is 738. The van der Waals surface area contributed by atoms with Crippen LogP contribution in [0.15, 0.2) is 54.7 Å². The fourth-order valence-electron chi connectivity index (χ4n) is 2.11. The molecule has 0 amide bonds. The lowest BCUT2D eigenvalue weighted by atomic mass is 10.1. The molecule has 0 bridgehead atoms. The molecule has 0 fully saturated rings. The van der Waals surface area contributed by atoms with Gasteiger partial charge in [-0.3, -0.25) is 4.98 Å². The van der Waals surface area contributed by atoms with E-state index in [0.29, 0.717) is 5.02 Å². The van der Waals surface area contributed by atoms with Crippen LogP contribution in [0.2, 0.25) is 5.02 Å². The van der Waals surface area contributed by atoms with Gasteiger partial charge in [0.05, 0.1) is 5.52 Å². The highest BCUT2D eigenvalue weighted by molar-refractivity contribution is 6.31. The summed E-state index contributed by atoms with van der Waals surface area (Å²) >= 11 is 5.99. The van der Waals surface area contributed by atoms with Crippen LogP contribution >= 0.6 is 11.6 Å². The molecule has 0 aliphatic heterocycles.